The lowest BCUT2D eigenvalue weighted by atomic mass is 10.1. The van der Waals surface area contributed by atoms with E-state index < -0.39 is 23.9 Å². The fourth-order valence-electron chi connectivity index (χ4n) is 3.36. The maximum absolute atomic E-state index is 12.6. The molecule has 0 bridgehead atoms. The number of ketones is 1. The Balaban J connectivity index is 1.55. The lowest BCUT2D eigenvalue weighted by Crippen LogP contribution is -2.33. The van der Waals surface area contributed by atoms with Crippen LogP contribution in [0.2, 0.25) is 0 Å². The Morgan fingerprint density at radius 2 is 1.75 bits per heavy atom. The average molecular weight is 438 g/mol. The van der Waals surface area contributed by atoms with Crippen LogP contribution in [0.5, 0.6) is 5.75 Å². The molecule has 1 fully saturated rings. The van der Waals surface area contributed by atoms with E-state index >= 15 is 0 Å². The standard InChI is InChI=1S/C24H26N2O6/c1-4-31-21-11-9-20(10-12-21)26-14-18(13-22(26)28)24(30)32-16(3)23(29)25-19-7-5-17(6-8-19)15(2)27/h5-12,16,18H,4,13-14H2,1-3H3,(H,25,29). The van der Waals surface area contributed by atoms with Crippen molar-refractivity contribution in [1.82, 2.24) is 0 Å². The summed E-state index contributed by atoms with van der Waals surface area (Å²) in [6.45, 7) is 5.55. The molecule has 32 heavy (non-hydrogen) atoms. The largest absolute Gasteiger partial charge is 0.494 e. The topological polar surface area (TPSA) is 102 Å². The highest BCUT2D eigenvalue weighted by atomic mass is 16.5. The molecule has 1 aliphatic heterocycles. The summed E-state index contributed by atoms with van der Waals surface area (Å²) in [5, 5.41) is 2.65. The number of Topliss-reactive ketones (excluding diaryl/α,β-unsaturated/α-hetero) is 1. The summed E-state index contributed by atoms with van der Waals surface area (Å²) >= 11 is 0. The minimum Gasteiger partial charge on any atom is -0.494 e. The number of nitrogens with one attached hydrogen (secondary N) is 1. The minimum atomic E-state index is -1.04. The summed E-state index contributed by atoms with van der Waals surface area (Å²) in [5.41, 5.74) is 1.69. The number of ether oxygens (including phenoxy) is 2. The summed E-state index contributed by atoms with van der Waals surface area (Å²) in [4.78, 5) is 50.2. The van der Waals surface area contributed by atoms with Gasteiger partial charge in [-0.05, 0) is 69.3 Å². The van der Waals surface area contributed by atoms with E-state index in [9.17, 15) is 19.2 Å². The van der Waals surface area contributed by atoms with Crippen LogP contribution in [0.15, 0.2) is 48.5 Å². The van der Waals surface area contributed by atoms with Crippen molar-refractivity contribution in [3.8, 4) is 5.75 Å². The smallest absolute Gasteiger partial charge is 0.312 e. The van der Waals surface area contributed by atoms with Gasteiger partial charge >= 0.3 is 5.97 Å². The molecule has 2 aromatic carbocycles. The molecule has 1 aliphatic rings. The van der Waals surface area contributed by atoms with Gasteiger partial charge in [0.15, 0.2) is 11.9 Å². The molecule has 8 heteroatoms. The quantitative estimate of drug-likeness (QED) is 0.502. The molecule has 1 N–H and O–H groups in total. The van der Waals surface area contributed by atoms with Crippen molar-refractivity contribution in [2.24, 2.45) is 5.92 Å². The van der Waals surface area contributed by atoms with Crippen LogP contribution in [0, 0.1) is 5.92 Å². The molecule has 0 aliphatic carbocycles. The highest BCUT2D eigenvalue weighted by Crippen LogP contribution is 2.28. The summed E-state index contributed by atoms with van der Waals surface area (Å²) in [5.74, 6) is -1.30. The summed E-state index contributed by atoms with van der Waals surface area (Å²) in [7, 11) is 0. The maximum atomic E-state index is 12.6. The number of anilines is 2. The molecule has 2 aromatic rings. The SMILES string of the molecule is CCOc1ccc(N2CC(C(=O)OC(C)C(=O)Nc3ccc(C(C)=O)cc3)CC2=O)cc1. The lowest BCUT2D eigenvalue weighted by molar-refractivity contribution is -0.157. The molecule has 0 radical (unpaired) electrons. The third-order valence-electron chi connectivity index (χ3n) is 5.14. The van der Waals surface area contributed by atoms with Gasteiger partial charge in [-0.2, -0.15) is 0 Å². The third kappa shape index (κ3) is 5.51. The maximum Gasteiger partial charge on any atom is 0.312 e. The van der Waals surface area contributed by atoms with E-state index in [1.807, 2.05) is 6.92 Å². The van der Waals surface area contributed by atoms with E-state index in [1.165, 1.54) is 18.7 Å². The van der Waals surface area contributed by atoms with Gasteiger partial charge in [0, 0.05) is 29.9 Å². The highest BCUT2D eigenvalue weighted by molar-refractivity contribution is 6.00. The van der Waals surface area contributed by atoms with E-state index in [-0.39, 0.29) is 24.7 Å². The normalized spacial score (nSPS) is 16.4. The van der Waals surface area contributed by atoms with Gasteiger partial charge < -0.3 is 19.7 Å². The van der Waals surface area contributed by atoms with Gasteiger partial charge in [0.2, 0.25) is 5.91 Å². The summed E-state index contributed by atoms with van der Waals surface area (Å²) in [6, 6.07) is 13.5. The molecule has 2 unspecified atom stereocenters. The Hall–Kier alpha value is -3.68. The van der Waals surface area contributed by atoms with E-state index in [0.29, 0.717) is 29.3 Å². The molecule has 2 amide bonds. The first-order chi connectivity index (χ1) is 15.3. The van der Waals surface area contributed by atoms with Crippen molar-refractivity contribution in [2.75, 3.05) is 23.4 Å². The first-order valence-corrected chi connectivity index (χ1v) is 10.4. The number of esters is 1. The monoisotopic (exact) mass is 438 g/mol. The van der Waals surface area contributed by atoms with Crippen LogP contribution in [-0.4, -0.2) is 42.8 Å². The van der Waals surface area contributed by atoms with Crippen LogP contribution in [0.1, 0.15) is 37.6 Å². The number of amides is 2. The minimum absolute atomic E-state index is 0.0207. The van der Waals surface area contributed by atoms with Crippen LogP contribution in [0.25, 0.3) is 0 Å². The molecule has 2 atom stereocenters. The summed E-state index contributed by atoms with van der Waals surface area (Å²) in [6.07, 6.45) is -1.02. The molecule has 8 nitrogen and oxygen atoms in total. The number of carbonyl (C=O) groups excluding carboxylic acids is 4. The van der Waals surface area contributed by atoms with E-state index in [4.69, 9.17) is 9.47 Å². The van der Waals surface area contributed by atoms with Crippen LogP contribution in [0.3, 0.4) is 0 Å². The number of rotatable bonds is 8. The third-order valence-corrected chi connectivity index (χ3v) is 5.14. The second-order valence-corrected chi connectivity index (χ2v) is 7.53. The zero-order valence-corrected chi connectivity index (χ0v) is 18.3. The van der Waals surface area contributed by atoms with Crippen molar-refractivity contribution in [1.29, 1.82) is 0 Å². The van der Waals surface area contributed by atoms with Gasteiger partial charge in [-0.15, -0.1) is 0 Å². The Labute approximate surface area is 186 Å². The lowest BCUT2D eigenvalue weighted by Gasteiger charge is -2.18. The van der Waals surface area contributed by atoms with E-state index in [1.54, 1.807) is 48.5 Å². The van der Waals surface area contributed by atoms with Crippen LogP contribution < -0.4 is 15.0 Å². The van der Waals surface area contributed by atoms with Crippen LogP contribution in [0.4, 0.5) is 11.4 Å². The number of hydrogen-bond donors (Lipinski definition) is 1. The van der Waals surface area contributed by atoms with Crippen molar-refractivity contribution in [2.45, 2.75) is 33.3 Å². The van der Waals surface area contributed by atoms with Crippen molar-refractivity contribution >= 4 is 34.9 Å². The molecular weight excluding hydrogens is 412 g/mol. The predicted octanol–water partition coefficient (Wildman–Crippen LogP) is 3.21. The molecule has 1 heterocycles. The van der Waals surface area contributed by atoms with Gasteiger partial charge in [0.1, 0.15) is 5.75 Å². The van der Waals surface area contributed by atoms with Crippen molar-refractivity contribution in [3.05, 3.63) is 54.1 Å². The molecule has 1 saturated heterocycles. The molecule has 168 valence electrons. The number of hydrogen-bond acceptors (Lipinski definition) is 6. The number of carbonyl (C=O) groups is 4. The van der Waals surface area contributed by atoms with Gasteiger partial charge in [0.05, 0.1) is 12.5 Å². The van der Waals surface area contributed by atoms with Gasteiger partial charge in [-0.25, -0.2) is 0 Å². The van der Waals surface area contributed by atoms with E-state index in [0.717, 1.165) is 0 Å². The molecular formula is C24H26N2O6. The molecule has 0 aromatic heterocycles. The zero-order chi connectivity index (χ0) is 23.3. The highest BCUT2D eigenvalue weighted by Gasteiger charge is 2.37. The molecule has 3 rings (SSSR count). The van der Waals surface area contributed by atoms with Gasteiger partial charge in [-0.3, -0.25) is 19.2 Å². The van der Waals surface area contributed by atoms with Gasteiger partial charge in [0.25, 0.3) is 5.91 Å². The van der Waals surface area contributed by atoms with Crippen LogP contribution in [-0.2, 0) is 19.1 Å². The summed E-state index contributed by atoms with van der Waals surface area (Å²) < 4.78 is 10.7. The fourth-order valence-corrected chi connectivity index (χ4v) is 3.36. The Morgan fingerprint density at radius 3 is 2.34 bits per heavy atom. The van der Waals surface area contributed by atoms with Crippen molar-refractivity contribution < 1.29 is 28.7 Å². The van der Waals surface area contributed by atoms with E-state index in [2.05, 4.69) is 5.32 Å². The Kier molecular flexibility index (Phi) is 7.25. The second kappa shape index (κ2) is 10.1. The molecule has 0 saturated carbocycles. The van der Waals surface area contributed by atoms with Crippen molar-refractivity contribution in [3.63, 3.8) is 0 Å². The molecule has 0 spiro atoms. The first-order valence-electron chi connectivity index (χ1n) is 10.4. The van der Waals surface area contributed by atoms with Crippen LogP contribution >= 0.6 is 0 Å². The Bertz CT molecular complexity index is 1000. The average Bonchev–Trinajstić information content (AvgIpc) is 3.16. The fraction of sp³-hybridized carbons (Fsp3) is 0.333. The Morgan fingerprint density at radius 1 is 1.09 bits per heavy atom. The first kappa shape index (κ1) is 23.0. The second-order valence-electron chi connectivity index (χ2n) is 7.53. The van der Waals surface area contributed by atoms with Gasteiger partial charge in [-0.1, -0.05) is 0 Å². The number of benzene rings is 2. The number of nitrogens with zero attached hydrogens (tertiary/aromatic N) is 1. The zero-order valence-electron chi connectivity index (χ0n) is 18.3. The predicted molar refractivity (Wildman–Crippen MR) is 119 cm³/mol.